The predicted molar refractivity (Wildman–Crippen MR) is 40.4 cm³/mol. The monoisotopic (exact) mass is 198 g/mol. The average Bonchev–Trinajstić information content (AvgIpc) is 2.59. The molecule has 0 aromatic rings. The van der Waals surface area contributed by atoms with Gasteiger partial charge in [0, 0.05) is 24.3 Å². The molecule has 14 heavy (non-hydrogen) atoms. The van der Waals surface area contributed by atoms with Crippen LogP contribution in [0.15, 0.2) is 24.3 Å². The highest BCUT2D eigenvalue weighted by Gasteiger charge is 2.57. The molecule has 0 aromatic heterocycles. The Kier molecular flexibility index (Phi) is 1.55. The number of ether oxygens (including phenoxy) is 2. The third kappa shape index (κ3) is 1.05. The molecule has 2 aliphatic heterocycles. The van der Waals surface area contributed by atoms with Gasteiger partial charge in [0.05, 0.1) is 0 Å². The lowest BCUT2D eigenvalue weighted by molar-refractivity contribution is -0.307. The van der Waals surface area contributed by atoms with E-state index in [1.54, 1.807) is 0 Å². The summed E-state index contributed by atoms with van der Waals surface area (Å²) in [5.74, 6) is -6.33. The lowest BCUT2D eigenvalue weighted by Gasteiger charge is -2.31. The fourth-order valence-electron chi connectivity index (χ4n) is 1.19. The molecule has 0 saturated carbocycles. The molecule has 6 heteroatoms. The molecule has 0 aromatic carbocycles. The van der Waals surface area contributed by atoms with Crippen molar-refractivity contribution in [3.8, 4) is 0 Å². The number of carbonyl (C=O) groups excluding carboxylic acids is 2. The van der Waals surface area contributed by atoms with E-state index in [1.807, 2.05) is 0 Å². The molecular formula is C8H6O6. The van der Waals surface area contributed by atoms with Gasteiger partial charge in [0.1, 0.15) is 0 Å². The Hall–Kier alpha value is -1.66. The van der Waals surface area contributed by atoms with Gasteiger partial charge in [-0.25, -0.2) is 9.59 Å². The van der Waals surface area contributed by atoms with Gasteiger partial charge >= 0.3 is 23.5 Å². The van der Waals surface area contributed by atoms with E-state index < -0.39 is 23.5 Å². The zero-order valence-electron chi connectivity index (χ0n) is 6.84. The topological polar surface area (TPSA) is 93.1 Å². The van der Waals surface area contributed by atoms with Crippen LogP contribution in [0.5, 0.6) is 0 Å². The summed E-state index contributed by atoms with van der Waals surface area (Å²) < 4.78 is 8.82. The van der Waals surface area contributed by atoms with Gasteiger partial charge in [-0.3, -0.25) is 0 Å². The molecule has 2 atom stereocenters. The van der Waals surface area contributed by atoms with E-state index >= 15 is 0 Å². The summed E-state index contributed by atoms with van der Waals surface area (Å²) in [5.41, 5.74) is 0. The molecule has 2 rings (SSSR count). The zero-order valence-corrected chi connectivity index (χ0v) is 6.84. The van der Waals surface area contributed by atoms with Crippen LogP contribution in [0, 0.1) is 0 Å². The van der Waals surface area contributed by atoms with E-state index in [0.29, 0.717) is 0 Å². The van der Waals surface area contributed by atoms with Crippen LogP contribution >= 0.6 is 0 Å². The molecule has 0 spiro atoms. The number of hydrogen-bond donors (Lipinski definition) is 2. The molecule has 2 N–H and O–H groups in total. The first kappa shape index (κ1) is 8.92. The van der Waals surface area contributed by atoms with Crippen molar-refractivity contribution >= 4 is 11.9 Å². The summed E-state index contributed by atoms with van der Waals surface area (Å²) >= 11 is 0. The van der Waals surface area contributed by atoms with Crippen LogP contribution in [-0.4, -0.2) is 33.7 Å². The SMILES string of the molecule is O=C1C=C[C@@](O)([C@]2(O)C=CC(=O)O2)O1. The highest BCUT2D eigenvalue weighted by Crippen LogP contribution is 2.34. The van der Waals surface area contributed by atoms with Crippen LogP contribution in [0.1, 0.15) is 0 Å². The molecule has 0 saturated heterocycles. The number of esters is 2. The summed E-state index contributed by atoms with van der Waals surface area (Å²) in [5, 5.41) is 19.3. The fourth-order valence-corrected chi connectivity index (χ4v) is 1.19. The van der Waals surface area contributed by atoms with Crippen LogP contribution in [0.4, 0.5) is 0 Å². The Morgan fingerprint density at radius 3 is 1.50 bits per heavy atom. The minimum atomic E-state index is -2.34. The van der Waals surface area contributed by atoms with Crippen molar-refractivity contribution in [1.82, 2.24) is 0 Å². The number of rotatable bonds is 1. The molecule has 0 radical (unpaired) electrons. The van der Waals surface area contributed by atoms with Crippen molar-refractivity contribution in [1.29, 1.82) is 0 Å². The van der Waals surface area contributed by atoms with E-state index in [-0.39, 0.29) is 0 Å². The van der Waals surface area contributed by atoms with Crippen LogP contribution in [0.25, 0.3) is 0 Å². The first-order valence-electron chi connectivity index (χ1n) is 3.74. The van der Waals surface area contributed by atoms with E-state index in [1.165, 1.54) is 0 Å². The maximum Gasteiger partial charge on any atom is 0.333 e. The van der Waals surface area contributed by atoms with E-state index in [0.717, 1.165) is 24.3 Å². The quantitative estimate of drug-likeness (QED) is 0.503. The second kappa shape index (κ2) is 2.43. The van der Waals surface area contributed by atoms with E-state index in [4.69, 9.17) is 0 Å². The second-order valence-corrected chi connectivity index (χ2v) is 2.90. The average molecular weight is 198 g/mol. The summed E-state index contributed by atoms with van der Waals surface area (Å²) in [4.78, 5) is 21.4. The third-order valence-corrected chi connectivity index (χ3v) is 1.92. The lowest BCUT2D eigenvalue weighted by atomic mass is 10.1. The van der Waals surface area contributed by atoms with Gasteiger partial charge in [0.15, 0.2) is 0 Å². The number of aliphatic hydroxyl groups is 2. The Morgan fingerprint density at radius 2 is 1.29 bits per heavy atom. The third-order valence-electron chi connectivity index (χ3n) is 1.92. The minimum Gasteiger partial charge on any atom is -0.418 e. The van der Waals surface area contributed by atoms with Crippen molar-refractivity contribution in [3.63, 3.8) is 0 Å². The summed E-state index contributed by atoms with van der Waals surface area (Å²) in [6.07, 6.45) is 3.69. The lowest BCUT2D eigenvalue weighted by Crippen LogP contribution is -2.53. The van der Waals surface area contributed by atoms with Crippen LogP contribution in [0.2, 0.25) is 0 Å². The van der Waals surface area contributed by atoms with Crippen LogP contribution in [-0.2, 0) is 19.1 Å². The van der Waals surface area contributed by atoms with Crippen molar-refractivity contribution < 1.29 is 29.3 Å². The summed E-state index contributed by atoms with van der Waals surface area (Å²) in [6, 6.07) is 0. The standard InChI is InChI=1S/C8H6O6/c9-5-1-3-7(11,13-5)8(12)4-2-6(10)14-8/h1-4,11-12H/t7-,8-/m0/s1. The van der Waals surface area contributed by atoms with Crippen molar-refractivity contribution in [3.05, 3.63) is 24.3 Å². The molecule has 6 nitrogen and oxygen atoms in total. The summed E-state index contributed by atoms with van der Waals surface area (Å²) in [7, 11) is 0. The predicted octanol–water partition coefficient (Wildman–Crippen LogP) is -1.41. The first-order valence-corrected chi connectivity index (χ1v) is 3.74. The van der Waals surface area contributed by atoms with E-state index in [9.17, 15) is 19.8 Å². The molecule has 0 fully saturated rings. The maximum atomic E-state index is 10.7. The molecule has 0 unspecified atom stereocenters. The van der Waals surface area contributed by atoms with Gasteiger partial charge in [0.25, 0.3) is 0 Å². The highest BCUT2D eigenvalue weighted by atomic mass is 16.7. The first-order chi connectivity index (χ1) is 6.45. The number of cyclic esters (lactones) is 2. The largest absolute Gasteiger partial charge is 0.418 e. The summed E-state index contributed by atoms with van der Waals surface area (Å²) in [6.45, 7) is 0. The highest BCUT2D eigenvalue weighted by molar-refractivity contribution is 5.87. The normalized spacial score (nSPS) is 40.1. The van der Waals surface area contributed by atoms with Gasteiger partial charge in [0.2, 0.25) is 0 Å². The van der Waals surface area contributed by atoms with Crippen molar-refractivity contribution in [2.75, 3.05) is 0 Å². The minimum absolute atomic E-state index is 0.822. The zero-order chi connectivity index (χ0) is 10.4. The molecule has 2 aliphatic rings. The fraction of sp³-hybridized carbons (Fsp3) is 0.250. The number of carbonyl (C=O) groups is 2. The Bertz CT molecular complexity index is 334. The van der Waals surface area contributed by atoms with Gasteiger partial charge < -0.3 is 19.7 Å². The maximum absolute atomic E-state index is 10.7. The van der Waals surface area contributed by atoms with Gasteiger partial charge in [-0.15, -0.1) is 0 Å². The molecular weight excluding hydrogens is 192 g/mol. The molecule has 74 valence electrons. The van der Waals surface area contributed by atoms with Gasteiger partial charge in [-0.2, -0.15) is 0 Å². The van der Waals surface area contributed by atoms with Crippen LogP contribution in [0.3, 0.4) is 0 Å². The molecule has 0 aliphatic carbocycles. The smallest absolute Gasteiger partial charge is 0.333 e. The molecule has 0 amide bonds. The molecule has 2 heterocycles. The van der Waals surface area contributed by atoms with Gasteiger partial charge in [-0.05, 0) is 0 Å². The van der Waals surface area contributed by atoms with Crippen molar-refractivity contribution in [2.45, 2.75) is 11.6 Å². The van der Waals surface area contributed by atoms with Crippen LogP contribution < -0.4 is 0 Å². The molecule has 0 bridgehead atoms. The number of hydrogen-bond acceptors (Lipinski definition) is 6. The Labute approximate surface area is 78.0 Å². The van der Waals surface area contributed by atoms with E-state index in [2.05, 4.69) is 9.47 Å². The van der Waals surface area contributed by atoms with Crippen molar-refractivity contribution in [2.24, 2.45) is 0 Å². The Balaban J connectivity index is 2.32. The second-order valence-electron chi connectivity index (χ2n) is 2.90. The van der Waals surface area contributed by atoms with Gasteiger partial charge in [-0.1, -0.05) is 0 Å². The Morgan fingerprint density at radius 1 is 0.929 bits per heavy atom.